The fraction of sp³-hybridized carbons (Fsp3) is 0.429. The zero-order chi connectivity index (χ0) is 16.1. The second kappa shape index (κ2) is 7.76. The zero-order valence-corrected chi connectivity index (χ0v) is 14.5. The summed E-state index contributed by atoms with van der Waals surface area (Å²) in [6.07, 6.45) is 3.52. The Kier molecular flexibility index (Phi) is 5.47. The van der Waals surface area contributed by atoms with E-state index in [0.717, 1.165) is 39.0 Å². The molecule has 0 N–H and O–H groups in total. The lowest BCUT2D eigenvalue weighted by Crippen LogP contribution is -2.27. The van der Waals surface area contributed by atoms with Crippen LogP contribution in [0.5, 0.6) is 0 Å². The van der Waals surface area contributed by atoms with Crippen LogP contribution in [0.3, 0.4) is 0 Å². The predicted octanol–water partition coefficient (Wildman–Crippen LogP) is 3.74. The van der Waals surface area contributed by atoms with Crippen molar-refractivity contribution in [3.8, 4) is 0 Å². The molecule has 1 aliphatic heterocycles. The molecule has 0 fully saturated rings. The highest BCUT2D eigenvalue weighted by Crippen LogP contribution is 2.22. The van der Waals surface area contributed by atoms with Crippen molar-refractivity contribution in [3.05, 3.63) is 70.8 Å². The van der Waals surface area contributed by atoms with Crippen LogP contribution >= 0.6 is 0 Å². The fourth-order valence-corrected chi connectivity index (χ4v) is 3.49. The van der Waals surface area contributed by atoms with Gasteiger partial charge in [-0.2, -0.15) is 0 Å². The van der Waals surface area contributed by atoms with E-state index in [9.17, 15) is 0 Å². The van der Waals surface area contributed by atoms with Crippen molar-refractivity contribution in [1.82, 2.24) is 9.80 Å². The first kappa shape index (κ1) is 16.2. The van der Waals surface area contributed by atoms with Gasteiger partial charge in [0.25, 0.3) is 0 Å². The predicted molar refractivity (Wildman–Crippen MR) is 97.6 cm³/mol. The van der Waals surface area contributed by atoms with E-state index in [4.69, 9.17) is 0 Å². The molecule has 0 atom stereocenters. The molecule has 0 amide bonds. The Labute approximate surface area is 140 Å². The van der Waals surface area contributed by atoms with E-state index in [2.05, 4.69) is 72.4 Å². The van der Waals surface area contributed by atoms with Gasteiger partial charge < -0.3 is 4.90 Å². The van der Waals surface area contributed by atoms with Crippen LogP contribution < -0.4 is 0 Å². The number of rotatable bonds is 4. The lowest BCUT2D eigenvalue weighted by atomic mass is 9.98. The maximum absolute atomic E-state index is 2.62. The fourth-order valence-electron chi connectivity index (χ4n) is 3.49. The van der Waals surface area contributed by atoms with Crippen LogP contribution in [0.2, 0.25) is 0 Å². The van der Waals surface area contributed by atoms with Crippen LogP contribution in [-0.4, -0.2) is 37.0 Å². The van der Waals surface area contributed by atoms with Gasteiger partial charge in [0.1, 0.15) is 0 Å². The summed E-state index contributed by atoms with van der Waals surface area (Å²) in [7, 11) is 4.31. The molecule has 0 aromatic heterocycles. The Morgan fingerprint density at radius 1 is 0.783 bits per heavy atom. The number of hydrogen-bond acceptors (Lipinski definition) is 2. The minimum atomic E-state index is 1.07. The van der Waals surface area contributed by atoms with Crippen LogP contribution in [0.25, 0.3) is 0 Å². The molecule has 1 aliphatic rings. The Morgan fingerprint density at radius 3 is 1.74 bits per heavy atom. The number of benzene rings is 2. The Bertz CT molecular complexity index is 584. The zero-order valence-electron chi connectivity index (χ0n) is 14.5. The highest BCUT2D eigenvalue weighted by Gasteiger charge is 2.15. The van der Waals surface area contributed by atoms with Crippen LogP contribution in [0.4, 0.5) is 0 Å². The van der Waals surface area contributed by atoms with Gasteiger partial charge in [-0.15, -0.1) is 0 Å². The van der Waals surface area contributed by atoms with Gasteiger partial charge in [0, 0.05) is 19.6 Å². The Balaban J connectivity index is 1.83. The van der Waals surface area contributed by atoms with E-state index in [0.29, 0.717) is 0 Å². The molecule has 0 saturated carbocycles. The quantitative estimate of drug-likeness (QED) is 0.849. The maximum Gasteiger partial charge on any atom is 0.0240 e. The molecule has 2 aromatic rings. The van der Waals surface area contributed by atoms with Crippen LogP contribution in [0, 0.1) is 0 Å². The molecule has 2 aromatic carbocycles. The second-order valence-electron chi connectivity index (χ2n) is 6.90. The summed E-state index contributed by atoms with van der Waals surface area (Å²) in [6.45, 7) is 4.44. The monoisotopic (exact) mass is 308 g/mol. The lowest BCUT2D eigenvalue weighted by molar-refractivity contribution is 0.239. The van der Waals surface area contributed by atoms with Gasteiger partial charge in [-0.1, -0.05) is 48.5 Å². The summed E-state index contributed by atoms with van der Waals surface area (Å²) >= 11 is 0. The average molecular weight is 308 g/mol. The topological polar surface area (TPSA) is 6.48 Å². The number of fused-ring (bicyclic) bond motifs is 2. The van der Waals surface area contributed by atoms with Crippen LogP contribution in [0.1, 0.15) is 28.7 Å². The molecule has 3 rings (SSSR count). The molecule has 1 heterocycles. The first-order valence-electron chi connectivity index (χ1n) is 8.73. The van der Waals surface area contributed by atoms with Crippen molar-refractivity contribution < 1.29 is 0 Å². The molecule has 0 radical (unpaired) electrons. The number of nitrogens with zero attached hydrogens (tertiary/aromatic N) is 2. The van der Waals surface area contributed by atoms with Gasteiger partial charge in [-0.3, -0.25) is 4.90 Å². The molecule has 2 heteroatoms. The van der Waals surface area contributed by atoms with Crippen molar-refractivity contribution in [2.75, 3.05) is 27.2 Å². The average Bonchev–Trinajstić information content (AvgIpc) is 2.61. The molecule has 2 nitrogen and oxygen atoms in total. The summed E-state index contributed by atoms with van der Waals surface area (Å²) in [5.74, 6) is 0. The first-order valence-corrected chi connectivity index (χ1v) is 8.73. The molecule has 0 aliphatic carbocycles. The third-order valence-corrected chi connectivity index (χ3v) is 4.77. The smallest absolute Gasteiger partial charge is 0.0240 e. The van der Waals surface area contributed by atoms with Crippen molar-refractivity contribution in [3.63, 3.8) is 0 Å². The van der Waals surface area contributed by atoms with E-state index in [-0.39, 0.29) is 0 Å². The van der Waals surface area contributed by atoms with Crippen molar-refractivity contribution in [2.24, 2.45) is 0 Å². The van der Waals surface area contributed by atoms with Gasteiger partial charge in [0.2, 0.25) is 0 Å². The van der Waals surface area contributed by atoms with Gasteiger partial charge in [-0.25, -0.2) is 0 Å². The molecular formula is C21H28N2. The van der Waals surface area contributed by atoms with Crippen LogP contribution in [0.15, 0.2) is 48.5 Å². The maximum atomic E-state index is 2.62. The summed E-state index contributed by atoms with van der Waals surface area (Å²) in [5.41, 5.74) is 6.04. The second-order valence-corrected chi connectivity index (χ2v) is 6.90. The molecule has 122 valence electrons. The normalized spacial score (nSPS) is 15.4. The SMILES string of the molecule is CN(C)CCCN1Cc2ccccc2CCc2ccccc2C1. The molecule has 0 saturated heterocycles. The van der Waals surface area contributed by atoms with E-state index in [1.807, 2.05) is 0 Å². The van der Waals surface area contributed by atoms with E-state index >= 15 is 0 Å². The van der Waals surface area contributed by atoms with Crippen molar-refractivity contribution in [1.29, 1.82) is 0 Å². The highest BCUT2D eigenvalue weighted by molar-refractivity contribution is 5.33. The van der Waals surface area contributed by atoms with Gasteiger partial charge >= 0.3 is 0 Å². The molecule has 0 unspecified atom stereocenters. The van der Waals surface area contributed by atoms with Crippen molar-refractivity contribution >= 4 is 0 Å². The lowest BCUT2D eigenvalue weighted by Gasteiger charge is -2.24. The molecule has 0 spiro atoms. The van der Waals surface area contributed by atoms with Crippen LogP contribution in [-0.2, 0) is 25.9 Å². The van der Waals surface area contributed by atoms with Gasteiger partial charge in [-0.05, 0) is 62.2 Å². The largest absolute Gasteiger partial charge is 0.309 e. The minimum absolute atomic E-state index is 1.07. The summed E-state index contributed by atoms with van der Waals surface area (Å²) in [6, 6.07) is 18.0. The van der Waals surface area contributed by atoms with E-state index in [1.54, 1.807) is 0 Å². The molecule has 23 heavy (non-hydrogen) atoms. The van der Waals surface area contributed by atoms with Crippen molar-refractivity contribution in [2.45, 2.75) is 32.4 Å². The standard InChI is InChI=1S/C21H28N2/c1-22(2)14-7-15-23-16-20-10-5-3-8-18(20)12-13-19-9-4-6-11-21(19)17-23/h3-6,8-11H,7,12-17H2,1-2H3. The summed E-state index contributed by atoms with van der Waals surface area (Å²) in [4.78, 5) is 4.89. The number of hydrogen-bond donors (Lipinski definition) is 0. The molecule has 0 bridgehead atoms. The third kappa shape index (κ3) is 4.43. The minimum Gasteiger partial charge on any atom is -0.309 e. The highest BCUT2D eigenvalue weighted by atomic mass is 15.1. The summed E-state index contributed by atoms with van der Waals surface area (Å²) < 4.78 is 0. The first-order chi connectivity index (χ1) is 11.2. The van der Waals surface area contributed by atoms with E-state index < -0.39 is 0 Å². The Morgan fingerprint density at radius 2 is 1.26 bits per heavy atom. The van der Waals surface area contributed by atoms with Gasteiger partial charge in [0.05, 0.1) is 0 Å². The molecular weight excluding hydrogens is 280 g/mol. The Hall–Kier alpha value is -1.64. The van der Waals surface area contributed by atoms with Gasteiger partial charge in [0.15, 0.2) is 0 Å². The summed E-state index contributed by atoms with van der Waals surface area (Å²) in [5, 5.41) is 0. The van der Waals surface area contributed by atoms with E-state index in [1.165, 1.54) is 28.7 Å². The number of aryl methyl sites for hydroxylation is 2. The third-order valence-electron chi connectivity index (χ3n) is 4.77.